The summed E-state index contributed by atoms with van der Waals surface area (Å²) in [4.78, 5) is 10.7. The normalized spacial score (nSPS) is 11.3. The lowest BCUT2D eigenvalue weighted by Crippen LogP contribution is -1.99. The zero-order valence-corrected chi connectivity index (χ0v) is 33.4. The molecule has 2 aromatic heterocycles. The molecular weight excluding hydrogens is 739 g/mol. The molecule has 0 spiro atoms. The van der Waals surface area contributed by atoms with Crippen LogP contribution in [-0.4, -0.2) is 14.5 Å². The Morgan fingerprint density at radius 2 is 0.672 bits per heavy atom. The molecule has 0 fully saturated rings. The van der Waals surface area contributed by atoms with Crippen LogP contribution in [0.2, 0.25) is 0 Å². The SMILES string of the molecule is c1ccc(-c2cc(-c3ccccc3)cc(-c3ccc(-c4ccc(-c5cccc(-c6nc(-c7ccccc7)c7c8ccccc8n(-c8ccccc8)c7n6)c5)cc4)cc3)c2)cc1. The first-order valence-corrected chi connectivity index (χ1v) is 20.7. The van der Waals surface area contributed by atoms with E-state index in [1.807, 2.05) is 6.07 Å². The van der Waals surface area contributed by atoms with Crippen molar-refractivity contribution in [3.63, 3.8) is 0 Å². The van der Waals surface area contributed by atoms with Gasteiger partial charge in [0.2, 0.25) is 0 Å². The van der Waals surface area contributed by atoms with Crippen LogP contribution in [0.3, 0.4) is 0 Å². The number of fused-ring (bicyclic) bond motifs is 3. The highest BCUT2D eigenvalue weighted by Gasteiger charge is 2.21. The molecular formula is C58H39N3. The molecule has 0 unspecified atom stereocenters. The van der Waals surface area contributed by atoms with Crippen molar-refractivity contribution in [3.05, 3.63) is 237 Å². The Bertz CT molecular complexity index is 3240. The average Bonchev–Trinajstić information content (AvgIpc) is 3.69. The Labute approximate surface area is 355 Å². The van der Waals surface area contributed by atoms with E-state index in [0.717, 1.165) is 55.6 Å². The molecule has 0 saturated carbocycles. The summed E-state index contributed by atoms with van der Waals surface area (Å²) >= 11 is 0. The fourth-order valence-corrected chi connectivity index (χ4v) is 8.56. The maximum Gasteiger partial charge on any atom is 0.162 e. The Hall–Kier alpha value is -8.14. The van der Waals surface area contributed by atoms with Crippen molar-refractivity contribution in [2.75, 3.05) is 0 Å². The van der Waals surface area contributed by atoms with Crippen LogP contribution in [-0.2, 0) is 0 Å². The fourth-order valence-electron chi connectivity index (χ4n) is 8.56. The van der Waals surface area contributed by atoms with Gasteiger partial charge in [-0.3, -0.25) is 4.57 Å². The maximum atomic E-state index is 5.35. The van der Waals surface area contributed by atoms with E-state index < -0.39 is 0 Å². The number of benzene rings is 9. The summed E-state index contributed by atoms with van der Waals surface area (Å²) in [5.41, 5.74) is 17.8. The zero-order valence-electron chi connectivity index (χ0n) is 33.4. The Kier molecular flexibility index (Phi) is 9.18. The predicted molar refractivity (Wildman–Crippen MR) is 254 cm³/mol. The quantitative estimate of drug-likeness (QED) is 0.154. The van der Waals surface area contributed by atoms with Crippen LogP contribution in [0, 0.1) is 0 Å². The van der Waals surface area contributed by atoms with Crippen molar-refractivity contribution in [2.45, 2.75) is 0 Å². The van der Waals surface area contributed by atoms with Gasteiger partial charge in [0.05, 0.1) is 16.6 Å². The van der Waals surface area contributed by atoms with E-state index in [9.17, 15) is 0 Å². The highest BCUT2D eigenvalue weighted by atomic mass is 15.1. The molecule has 61 heavy (non-hydrogen) atoms. The lowest BCUT2D eigenvalue weighted by Gasteiger charge is -2.12. The predicted octanol–water partition coefficient (Wildman–Crippen LogP) is 15.2. The topological polar surface area (TPSA) is 30.7 Å². The lowest BCUT2D eigenvalue weighted by atomic mass is 9.92. The number of para-hydroxylation sites is 2. The van der Waals surface area contributed by atoms with Crippen molar-refractivity contribution in [1.29, 1.82) is 0 Å². The number of nitrogens with zero attached hydrogens (tertiary/aromatic N) is 3. The first-order valence-electron chi connectivity index (χ1n) is 20.7. The second-order valence-electron chi connectivity index (χ2n) is 15.4. The van der Waals surface area contributed by atoms with Gasteiger partial charge in [-0.2, -0.15) is 0 Å². The molecule has 0 aliphatic rings. The third kappa shape index (κ3) is 6.88. The first-order chi connectivity index (χ1) is 30.2. The van der Waals surface area contributed by atoms with Gasteiger partial charge in [-0.25, -0.2) is 9.97 Å². The van der Waals surface area contributed by atoms with Crippen LogP contribution < -0.4 is 0 Å². The molecule has 0 amide bonds. The van der Waals surface area contributed by atoms with E-state index in [1.165, 1.54) is 44.5 Å². The van der Waals surface area contributed by atoms with E-state index in [-0.39, 0.29) is 0 Å². The molecule has 11 aromatic rings. The summed E-state index contributed by atoms with van der Waals surface area (Å²) in [6, 6.07) is 84.0. The molecule has 0 aliphatic carbocycles. The Balaban J connectivity index is 0.934. The van der Waals surface area contributed by atoms with E-state index >= 15 is 0 Å². The summed E-state index contributed by atoms with van der Waals surface area (Å²) in [6.07, 6.45) is 0. The molecule has 9 aromatic carbocycles. The summed E-state index contributed by atoms with van der Waals surface area (Å²) in [6.45, 7) is 0. The lowest BCUT2D eigenvalue weighted by molar-refractivity contribution is 1.11. The van der Waals surface area contributed by atoms with Crippen LogP contribution >= 0.6 is 0 Å². The molecule has 3 nitrogen and oxygen atoms in total. The third-order valence-corrected chi connectivity index (χ3v) is 11.6. The molecule has 0 bridgehead atoms. The van der Waals surface area contributed by atoms with Crippen molar-refractivity contribution in [3.8, 4) is 84.0 Å². The van der Waals surface area contributed by atoms with Gasteiger partial charge in [0, 0.05) is 22.2 Å². The summed E-state index contributed by atoms with van der Waals surface area (Å²) in [7, 11) is 0. The summed E-state index contributed by atoms with van der Waals surface area (Å²) < 4.78 is 2.27. The molecule has 11 rings (SSSR count). The molecule has 0 atom stereocenters. The third-order valence-electron chi connectivity index (χ3n) is 11.6. The highest BCUT2D eigenvalue weighted by Crippen LogP contribution is 2.39. The largest absolute Gasteiger partial charge is 0.294 e. The molecule has 286 valence electrons. The highest BCUT2D eigenvalue weighted by molar-refractivity contribution is 6.14. The smallest absolute Gasteiger partial charge is 0.162 e. The fraction of sp³-hybridized carbons (Fsp3) is 0. The zero-order chi connectivity index (χ0) is 40.5. The van der Waals surface area contributed by atoms with Gasteiger partial charge < -0.3 is 0 Å². The summed E-state index contributed by atoms with van der Waals surface area (Å²) in [5, 5.41) is 2.18. The van der Waals surface area contributed by atoms with E-state index in [1.54, 1.807) is 0 Å². The van der Waals surface area contributed by atoms with Crippen LogP contribution in [0.5, 0.6) is 0 Å². The van der Waals surface area contributed by atoms with Crippen LogP contribution in [0.15, 0.2) is 237 Å². The minimum Gasteiger partial charge on any atom is -0.294 e. The van der Waals surface area contributed by atoms with Gasteiger partial charge in [-0.15, -0.1) is 0 Å². The number of hydrogen-bond donors (Lipinski definition) is 0. The van der Waals surface area contributed by atoms with Crippen LogP contribution in [0.25, 0.3) is 106 Å². The Morgan fingerprint density at radius 1 is 0.279 bits per heavy atom. The van der Waals surface area contributed by atoms with Gasteiger partial charge >= 0.3 is 0 Å². The second kappa shape index (κ2) is 15.6. The molecule has 0 radical (unpaired) electrons. The average molecular weight is 778 g/mol. The van der Waals surface area contributed by atoms with E-state index in [0.29, 0.717) is 5.82 Å². The van der Waals surface area contributed by atoms with Crippen molar-refractivity contribution < 1.29 is 0 Å². The first kappa shape index (κ1) is 36.0. The maximum absolute atomic E-state index is 5.35. The van der Waals surface area contributed by atoms with Crippen molar-refractivity contribution >= 4 is 21.9 Å². The molecule has 0 saturated heterocycles. The number of rotatable bonds is 8. The number of aromatic nitrogens is 3. The molecule has 3 heteroatoms. The van der Waals surface area contributed by atoms with Gasteiger partial charge in [0.15, 0.2) is 5.82 Å². The van der Waals surface area contributed by atoms with Crippen molar-refractivity contribution in [1.82, 2.24) is 14.5 Å². The van der Waals surface area contributed by atoms with Gasteiger partial charge in [-0.05, 0) is 98.1 Å². The van der Waals surface area contributed by atoms with Crippen LogP contribution in [0.1, 0.15) is 0 Å². The van der Waals surface area contributed by atoms with Crippen LogP contribution in [0.4, 0.5) is 0 Å². The van der Waals surface area contributed by atoms with Crippen molar-refractivity contribution in [2.24, 2.45) is 0 Å². The molecule has 0 aliphatic heterocycles. The standard InChI is InChI=1S/C58H39N3/c1-5-16-40(17-6-1)49-37-50(41-18-7-2-8-19-41)39-51(38-49)45-34-30-43(31-35-45)42-28-32-44(33-29-42)47-22-15-23-48(36-47)57-59-56(46-20-9-3-10-21-46)55-53-26-13-14-27-54(53)61(58(55)60-57)52-24-11-4-12-25-52/h1-39H. The number of hydrogen-bond acceptors (Lipinski definition) is 2. The minimum absolute atomic E-state index is 0.690. The van der Waals surface area contributed by atoms with E-state index in [4.69, 9.17) is 9.97 Å². The minimum atomic E-state index is 0.690. The Morgan fingerprint density at radius 3 is 1.23 bits per heavy atom. The molecule has 2 heterocycles. The monoisotopic (exact) mass is 777 g/mol. The van der Waals surface area contributed by atoms with Gasteiger partial charge in [0.25, 0.3) is 0 Å². The van der Waals surface area contributed by atoms with E-state index in [2.05, 4.69) is 235 Å². The van der Waals surface area contributed by atoms with Gasteiger partial charge in [-0.1, -0.05) is 194 Å². The second-order valence-corrected chi connectivity index (χ2v) is 15.4. The molecule has 0 N–H and O–H groups in total. The van der Waals surface area contributed by atoms with Gasteiger partial charge in [0.1, 0.15) is 5.65 Å². The summed E-state index contributed by atoms with van der Waals surface area (Å²) in [5.74, 6) is 0.690.